The average Bonchev–Trinajstić information content (AvgIpc) is 2.76. The Morgan fingerprint density at radius 3 is 3.16 bits per heavy atom. The number of nitrogens with two attached hydrogens (primary N) is 1. The number of ether oxygens (including phenoxy) is 1. The molecule has 2 rings (SSSR count). The standard InChI is InChI=1S/C10H13N7O2/c1-19-8-3-7(11)14-10(15-8)17-5-6(2-9(17)18)4-13-16-12/h3,6H,2,4-5H2,1H3,(H2,11,14,15). The zero-order valence-corrected chi connectivity index (χ0v) is 10.4. The highest BCUT2D eigenvalue weighted by atomic mass is 16.5. The van der Waals surface area contributed by atoms with Crippen LogP contribution in [0, 0.1) is 5.92 Å². The van der Waals surface area contributed by atoms with E-state index < -0.39 is 0 Å². The van der Waals surface area contributed by atoms with Crippen molar-refractivity contribution in [2.75, 3.05) is 30.8 Å². The molecule has 1 aromatic heterocycles. The summed E-state index contributed by atoms with van der Waals surface area (Å²) in [6, 6.07) is 1.47. The molecule has 1 aliphatic rings. The van der Waals surface area contributed by atoms with E-state index >= 15 is 0 Å². The van der Waals surface area contributed by atoms with Gasteiger partial charge < -0.3 is 10.5 Å². The fraction of sp³-hybridized carbons (Fsp3) is 0.500. The van der Waals surface area contributed by atoms with Crippen LogP contribution in [0.4, 0.5) is 11.8 Å². The first kappa shape index (κ1) is 12.9. The van der Waals surface area contributed by atoms with Crippen molar-refractivity contribution in [1.82, 2.24) is 9.97 Å². The van der Waals surface area contributed by atoms with Gasteiger partial charge in [0.05, 0.1) is 7.11 Å². The molecule has 19 heavy (non-hydrogen) atoms. The lowest BCUT2D eigenvalue weighted by molar-refractivity contribution is -0.117. The molecule has 1 aromatic rings. The molecule has 0 saturated carbocycles. The maximum absolute atomic E-state index is 11.9. The molecule has 100 valence electrons. The van der Waals surface area contributed by atoms with Gasteiger partial charge in [0.2, 0.25) is 17.7 Å². The van der Waals surface area contributed by atoms with Crippen molar-refractivity contribution in [3.05, 3.63) is 16.5 Å². The number of aromatic nitrogens is 2. The third-order valence-electron chi connectivity index (χ3n) is 2.77. The number of anilines is 2. The summed E-state index contributed by atoms with van der Waals surface area (Å²) in [4.78, 5) is 24.1. The van der Waals surface area contributed by atoms with Crippen molar-refractivity contribution >= 4 is 17.7 Å². The van der Waals surface area contributed by atoms with E-state index in [0.29, 0.717) is 18.8 Å². The molecule has 0 bridgehead atoms. The van der Waals surface area contributed by atoms with Gasteiger partial charge in [0.25, 0.3) is 0 Å². The molecule has 1 atom stereocenters. The van der Waals surface area contributed by atoms with Crippen molar-refractivity contribution in [2.24, 2.45) is 11.0 Å². The zero-order chi connectivity index (χ0) is 13.8. The van der Waals surface area contributed by atoms with E-state index in [0.717, 1.165) is 0 Å². The Morgan fingerprint density at radius 1 is 1.68 bits per heavy atom. The molecule has 1 fully saturated rings. The molecule has 1 saturated heterocycles. The molecule has 0 radical (unpaired) electrons. The Bertz CT molecular complexity index is 541. The lowest BCUT2D eigenvalue weighted by Gasteiger charge is -2.15. The number of hydrogen-bond acceptors (Lipinski definition) is 6. The minimum atomic E-state index is -0.120. The first-order valence-corrected chi connectivity index (χ1v) is 5.63. The number of carbonyl (C=O) groups is 1. The third-order valence-corrected chi connectivity index (χ3v) is 2.77. The molecule has 1 amide bonds. The molecule has 9 nitrogen and oxygen atoms in total. The Hall–Kier alpha value is -2.54. The normalized spacial score (nSPS) is 18.3. The van der Waals surface area contributed by atoms with Gasteiger partial charge in [0.1, 0.15) is 5.82 Å². The molecular formula is C10H13N7O2. The summed E-state index contributed by atoms with van der Waals surface area (Å²) in [5.74, 6) is 0.595. The van der Waals surface area contributed by atoms with E-state index in [9.17, 15) is 4.79 Å². The van der Waals surface area contributed by atoms with Gasteiger partial charge in [0.15, 0.2) is 0 Å². The Labute approximate surface area is 109 Å². The summed E-state index contributed by atoms with van der Waals surface area (Å²) in [5.41, 5.74) is 13.9. The predicted octanol–water partition coefficient (Wildman–Crippen LogP) is 0.731. The molecule has 2 N–H and O–H groups in total. The molecule has 1 unspecified atom stereocenters. The van der Waals surface area contributed by atoms with Crippen LogP contribution in [0.1, 0.15) is 6.42 Å². The molecule has 0 aliphatic carbocycles. The summed E-state index contributed by atoms with van der Waals surface area (Å²) in [6.45, 7) is 0.683. The van der Waals surface area contributed by atoms with E-state index in [-0.39, 0.29) is 30.1 Å². The maximum atomic E-state index is 11.9. The van der Waals surface area contributed by atoms with E-state index in [4.69, 9.17) is 16.0 Å². The van der Waals surface area contributed by atoms with Crippen molar-refractivity contribution in [3.63, 3.8) is 0 Å². The molecule has 9 heteroatoms. The maximum Gasteiger partial charge on any atom is 0.237 e. The second kappa shape index (κ2) is 5.40. The van der Waals surface area contributed by atoms with Crippen LogP contribution in [-0.2, 0) is 4.79 Å². The first-order valence-electron chi connectivity index (χ1n) is 5.63. The van der Waals surface area contributed by atoms with Gasteiger partial charge in [-0.1, -0.05) is 5.11 Å². The summed E-state index contributed by atoms with van der Waals surface area (Å²) in [5, 5.41) is 3.48. The Morgan fingerprint density at radius 2 is 2.47 bits per heavy atom. The summed E-state index contributed by atoms with van der Waals surface area (Å²) in [6.07, 6.45) is 0.305. The van der Waals surface area contributed by atoms with Crippen LogP contribution < -0.4 is 15.4 Å². The predicted molar refractivity (Wildman–Crippen MR) is 67.5 cm³/mol. The van der Waals surface area contributed by atoms with Gasteiger partial charge in [-0.3, -0.25) is 9.69 Å². The smallest absolute Gasteiger partial charge is 0.237 e. The number of rotatable bonds is 4. The third kappa shape index (κ3) is 2.83. The molecule has 2 heterocycles. The highest BCUT2D eigenvalue weighted by Crippen LogP contribution is 2.24. The number of nitrogens with zero attached hydrogens (tertiary/aromatic N) is 6. The van der Waals surface area contributed by atoms with Crippen LogP contribution >= 0.6 is 0 Å². The first-order chi connectivity index (χ1) is 9.13. The van der Waals surface area contributed by atoms with Crippen LogP contribution in [-0.4, -0.2) is 36.1 Å². The SMILES string of the molecule is COc1cc(N)nc(N2CC(CN=[N+]=[N-])CC2=O)n1. The number of hydrogen-bond donors (Lipinski definition) is 1. The monoisotopic (exact) mass is 263 g/mol. The van der Waals surface area contributed by atoms with E-state index in [1.54, 1.807) is 0 Å². The highest BCUT2D eigenvalue weighted by Gasteiger charge is 2.32. The number of carbonyl (C=O) groups excluding carboxylic acids is 1. The van der Waals surface area contributed by atoms with Gasteiger partial charge in [-0.25, -0.2) is 0 Å². The highest BCUT2D eigenvalue weighted by molar-refractivity contribution is 5.94. The minimum absolute atomic E-state index is 0.0283. The fourth-order valence-electron chi connectivity index (χ4n) is 1.90. The van der Waals surface area contributed by atoms with Crippen LogP contribution in [0.15, 0.2) is 11.2 Å². The molecule has 0 aromatic carbocycles. The number of amides is 1. The van der Waals surface area contributed by atoms with Crippen LogP contribution in [0.3, 0.4) is 0 Å². The minimum Gasteiger partial charge on any atom is -0.481 e. The Balaban J connectivity index is 2.20. The van der Waals surface area contributed by atoms with E-state index in [1.165, 1.54) is 18.1 Å². The van der Waals surface area contributed by atoms with Gasteiger partial charge in [-0.05, 0) is 11.4 Å². The largest absolute Gasteiger partial charge is 0.481 e. The van der Waals surface area contributed by atoms with Gasteiger partial charge in [0, 0.05) is 30.5 Å². The second-order valence-electron chi connectivity index (χ2n) is 4.12. The summed E-state index contributed by atoms with van der Waals surface area (Å²) >= 11 is 0. The van der Waals surface area contributed by atoms with Crippen molar-refractivity contribution in [2.45, 2.75) is 6.42 Å². The van der Waals surface area contributed by atoms with Crippen LogP contribution in [0.25, 0.3) is 10.4 Å². The number of methoxy groups -OCH3 is 1. The van der Waals surface area contributed by atoms with Crippen LogP contribution in [0.2, 0.25) is 0 Å². The number of azide groups is 1. The lowest BCUT2D eigenvalue weighted by atomic mass is 10.1. The molecular weight excluding hydrogens is 250 g/mol. The quantitative estimate of drug-likeness (QED) is 0.486. The topological polar surface area (TPSA) is 130 Å². The summed E-state index contributed by atoms with van der Waals surface area (Å²) < 4.78 is 4.99. The molecule has 1 aliphatic heterocycles. The van der Waals surface area contributed by atoms with Crippen molar-refractivity contribution in [3.8, 4) is 5.88 Å². The van der Waals surface area contributed by atoms with E-state index in [1.807, 2.05) is 0 Å². The van der Waals surface area contributed by atoms with Crippen molar-refractivity contribution < 1.29 is 9.53 Å². The fourth-order valence-corrected chi connectivity index (χ4v) is 1.90. The second-order valence-corrected chi connectivity index (χ2v) is 4.12. The molecule has 0 spiro atoms. The zero-order valence-electron chi connectivity index (χ0n) is 10.4. The van der Waals surface area contributed by atoms with Gasteiger partial charge in [-0.2, -0.15) is 9.97 Å². The Kier molecular flexibility index (Phi) is 3.67. The van der Waals surface area contributed by atoms with E-state index in [2.05, 4.69) is 20.0 Å². The van der Waals surface area contributed by atoms with Crippen LogP contribution in [0.5, 0.6) is 5.88 Å². The summed E-state index contributed by atoms with van der Waals surface area (Å²) in [7, 11) is 1.46. The average molecular weight is 263 g/mol. The lowest BCUT2D eigenvalue weighted by Crippen LogP contribution is -2.27. The van der Waals surface area contributed by atoms with Gasteiger partial charge >= 0.3 is 0 Å². The number of nitrogen functional groups attached to an aromatic ring is 1. The van der Waals surface area contributed by atoms with Crippen molar-refractivity contribution in [1.29, 1.82) is 0 Å². The van der Waals surface area contributed by atoms with Gasteiger partial charge in [-0.15, -0.1) is 0 Å².